The highest BCUT2D eigenvalue weighted by atomic mass is 16.5. The van der Waals surface area contributed by atoms with Crippen molar-refractivity contribution in [3.63, 3.8) is 0 Å². The lowest BCUT2D eigenvalue weighted by Crippen LogP contribution is -2.45. The van der Waals surface area contributed by atoms with Crippen LogP contribution < -0.4 is 4.90 Å². The molecule has 3 amide bonds. The van der Waals surface area contributed by atoms with Gasteiger partial charge in [-0.15, -0.1) is 0 Å². The summed E-state index contributed by atoms with van der Waals surface area (Å²) < 4.78 is 10.3. The zero-order chi connectivity index (χ0) is 23.5. The molecule has 1 fully saturated rings. The van der Waals surface area contributed by atoms with Crippen LogP contribution in [0.2, 0.25) is 0 Å². The summed E-state index contributed by atoms with van der Waals surface area (Å²) in [7, 11) is 0. The highest BCUT2D eigenvalue weighted by Crippen LogP contribution is 2.29. The number of rotatable bonds is 7. The molecule has 1 aliphatic heterocycles. The van der Waals surface area contributed by atoms with Gasteiger partial charge in [-0.25, -0.2) is 9.69 Å². The van der Waals surface area contributed by atoms with E-state index >= 15 is 0 Å². The Kier molecular flexibility index (Phi) is 6.81. The van der Waals surface area contributed by atoms with Gasteiger partial charge < -0.3 is 14.1 Å². The molecule has 8 nitrogen and oxygen atoms in total. The standard InChI is InChI=1S/C24H28N2O6/c1-5-31-23(30)16-8-10-17(11-9-16)26-20(27)13-19(22(26)29)25(15-18-7-6-12-32-18)21(28)14-24(2,3)4/h6-12,19H,5,13-15H2,1-4H3. The van der Waals surface area contributed by atoms with Gasteiger partial charge in [-0.3, -0.25) is 14.4 Å². The SMILES string of the molecule is CCOC(=O)c1ccc(N2C(=O)CC(N(Cc3ccco3)C(=O)CC(C)(C)C)C2=O)cc1. The lowest BCUT2D eigenvalue weighted by atomic mass is 9.91. The molecule has 2 aromatic rings. The van der Waals surface area contributed by atoms with Crippen molar-refractivity contribution < 1.29 is 28.3 Å². The van der Waals surface area contributed by atoms with Crippen LogP contribution in [0.25, 0.3) is 0 Å². The first-order valence-corrected chi connectivity index (χ1v) is 10.6. The van der Waals surface area contributed by atoms with E-state index in [-0.39, 0.29) is 37.3 Å². The van der Waals surface area contributed by atoms with E-state index in [0.29, 0.717) is 17.0 Å². The lowest BCUT2D eigenvalue weighted by Gasteiger charge is -2.29. The topological polar surface area (TPSA) is 97.1 Å². The van der Waals surface area contributed by atoms with Gasteiger partial charge in [-0.2, -0.15) is 0 Å². The van der Waals surface area contributed by atoms with E-state index in [1.165, 1.54) is 35.4 Å². The van der Waals surface area contributed by atoms with Crippen LogP contribution in [-0.2, 0) is 25.7 Å². The Labute approximate surface area is 187 Å². The average molecular weight is 440 g/mol. The number of ether oxygens (including phenoxy) is 1. The third kappa shape index (κ3) is 5.25. The molecule has 1 aliphatic rings. The van der Waals surface area contributed by atoms with E-state index in [9.17, 15) is 19.2 Å². The van der Waals surface area contributed by atoms with E-state index in [1.807, 2.05) is 20.8 Å². The number of nitrogens with zero attached hydrogens (tertiary/aromatic N) is 2. The van der Waals surface area contributed by atoms with Crippen LogP contribution in [0.3, 0.4) is 0 Å². The van der Waals surface area contributed by atoms with Crippen LogP contribution >= 0.6 is 0 Å². The molecule has 0 radical (unpaired) electrons. The van der Waals surface area contributed by atoms with Crippen LogP contribution in [0, 0.1) is 5.41 Å². The second kappa shape index (κ2) is 9.38. The molecule has 170 valence electrons. The fourth-order valence-corrected chi connectivity index (χ4v) is 3.59. The Balaban J connectivity index is 1.85. The Morgan fingerprint density at radius 3 is 2.41 bits per heavy atom. The number of hydrogen-bond donors (Lipinski definition) is 0. The number of hydrogen-bond acceptors (Lipinski definition) is 6. The van der Waals surface area contributed by atoms with Gasteiger partial charge in [0.15, 0.2) is 0 Å². The average Bonchev–Trinajstić information content (AvgIpc) is 3.32. The third-order valence-corrected chi connectivity index (χ3v) is 5.04. The van der Waals surface area contributed by atoms with Gasteiger partial charge in [-0.05, 0) is 48.7 Å². The summed E-state index contributed by atoms with van der Waals surface area (Å²) in [5, 5.41) is 0. The number of imide groups is 1. The van der Waals surface area contributed by atoms with Gasteiger partial charge in [-0.1, -0.05) is 20.8 Å². The number of amides is 3. The molecule has 1 aromatic carbocycles. The molecule has 1 unspecified atom stereocenters. The van der Waals surface area contributed by atoms with Crippen molar-refractivity contribution in [2.75, 3.05) is 11.5 Å². The molecule has 3 rings (SSSR count). The number of benzene rings is 1. The van der Waals surface area contributed by atoms with Gasteiger partial charge >= 0.3 is 5.97 Å². The second-order valence-electron chi connectivity index (χ2n) is 8.89. The molecule has 0 aliphatic carbocycles. The van der Waals surface area contributed by atoms with Crippen molar-refractivity contribution in [1.82, 2.24) is 4.90 Å². The van der Waals surface area contributed by atoms with E-state index in [1.54, 1.807) is 19.1 Å². The Bertz CT molecular complexity index is 988. The number of carbonyl (C=O) groups is 4. The molecule has 1 aromatic heterocycles. The van der Waals surface area contributed by atoms with Gasteiger partial charge in [0.05, 0.1) is 37.1 Å². The van der Waals surface area contributed by atoms with Crippen molar-refractivity contribution in [1.29, 1.82) is 0 Å². The summed E-state index contributed by atoms with van der Waals surface area (Å²) in [4.78, 5) is 53.5. The molecule has 0 saturated carbocycles. The number of esters is 1. The molecule has 0 N–H and O–H groups in total. The maximum atomic E-state index is 13.3. The summed E-state index contributed by atoms with van der Waals surface area (Å²) in [6.07, 6.45) is 1.61. The van der Waals surface area contributed by atoms with Crippen LogP contribution in [0.4, 0.5) is 5.69 Å². The van der Waals surface area contributed by atoms with E-state index < -0.39 is 23.8 Å². The zero-order valence-electron chi connectivity index (χ0n) is 18.8. The zero-order valence-corrected chi connectivity index (χ0v) is 18.8. The minimum atomic E-state index is -0.924. The molecule has 8 heteroatoms. The molecule has 1 saturated heterocycles. The van der Waals surface area contributed by atoms with Crippen LogP contribution in [0.15, 0.2) is 47.1 Å². The summed E-state index contributed by atoms with van der Waals surface area (Å²) in [6.45, 7) is 7.88. The lowest BCUT2D eigenvalue weighted by molar-refractivity contribution is -0.140. The molecule has 1 atom stereocenters. The van der Waals surface area contributed by atoms with Crippen molar-refractivity contribution in [2.24, 2.45) is 5.41 Å². The minimum absolute atomic E-state index is 0.0984. The predicted octanol–water partition coefficient (Wildman–Crippen LogP) is 3.55. The van der Waals surface area contributed by atoms with Crippen LogP contribution in [0.1, 0.15) is 56.7 Å². The van der Waals surface area contributed by atoms with Crippen molar-refractivity contribution in [3.8, 4) is 0 Å². The van der Waals surface area contributed by atoms with Crippen LogP contribution in [0.5, 0.6) is 0 Å². The first-order chi connectivity index (χ1) is 15.1. The number of anilines is 1. The summed E-state index contributed by atoms with van der Waals surface area (Å²) >= 11 is 0. The first-order valence-electron chi connectivity index (χ1n) is 10.6. The normalized spacial score (nSPS) is 16.4. The quantitative estimate of drug-likeness (QED) is 0.482. The Hall–Kier alpha value is -3.42. The van der Waals surface area contributed by atoms with Gasteiger partial charge in [0.1, 0.15) is 11.8 Å². The summed E-state index contributed by atoms with van der Waals surface area (Å²) in [5.41, 5.74) is 0.384. The number of furan rings is 1. The smallest absolute Gasteiger partial charge is 0.338 e. The highest BCUT2D eigenvalue weighted by molar-refractivity contribution is 6.23. The van der Waals surface area contributed by atoms with Crippen LogP contribution in [-0.4, -0.2) is 41.2 Å². The molecular formula is C24H28N2O6. The molecule has 32 heavy (non-hydrogen) atoms. The highest BCUT2D eigenvalue weighted by Gasteiger charge is 2.45. The third-order valence-electron chi connectivity index (χ3n) is 5.04. The number of carbonyl (C=O) groups excluding carboxylic acids is 4. The van der Waals surface area contributed by atoms with Crippen molar-refractivity contribution in [2.45, 2.75) is 53.1 Å². The minimum Gasteiger partial charge on any atom is -0.467 e. The van der Waals surface area contributed by atoms with Gasteiger partial charge in [0, 0.05) is 6.42 Å². The van der Waals surface area contributed by atoms with Gasteiger partial charge in [0.2, 0.25) is 11.8 Å². The molecule has 0 bridgehead atoms. The van der Waals surface area contributed by atoms with Crippen molar-refractivity contribution >= 4 is 29.4 Å². The second-order valence-corrected chi connectivity index (χ2v) is 8.89. The van der Waals surface area contributed by atoms with E-state index in [4.69, 9.17) is 9.15 Å². The molecule has 2 heterocycles. The monoisotopic (exact) mass is 440 g/mol. The predicted molar refractivity (Wildman–Crippen MR) is 117 cm³/mol. The largest absolute Gasteiger partial charge is 0.467 e. The fraction of sp³-hybridized carbons (Fsp3) is 0.417. The fourth-order valence-electron chi connectivity index (χ4n) is 3.59. The molecule has 0 spiro atoms. The van der Waals surface area contributed by atoms with Crippen molar-refractivity contribution in [3.05, 3.63) is 54.0 Å². The maximum Gasteiger partial charge on any atom is 0.338 e. The Morgan fingerprint density at radius 2 is 1.84 bits per heavy atom. The maximum absolute atomic E-state index is 13.3. The van der Waals surface area contributed by atoms with Gasteiger partial charge in [0.25, 0.3) is 5.91 Å². The summed E-state index contributed by atoms with van der Waals surface area (Å²) in [6, 6.07) is 8.58. The van der Waals surface area contributed by atoms with E-state index in [0.717, 1.165) is 4.90 Å². The van der Waals surface area contributed by atoms with E-state index in [2.05, 4.69) is 0 Å². The Morgan fingerprint density at radius 1 is 1.16 bits per heavy atom. The molecular weight excluding hydrogens is 412 g/mol. The first kappa shape index (κ1) is 23.2. The summed E-state index contributed by atoms with van der Waals surface area (Å²) in [5.74, 6) is -1.05.